The van der Waals surface area contributed by atoms with E-state index in [1.54, 1.807) is 22.0 Å². The second-order valence-electron chi connectivity index (χ2n) is 8.23. The summed E-state index contributed by atoms with van der Waals surface area (Å²) in [6.45, 7) is 12.3. The van der Waals surface area contributed by atoms with Gasteiger partial charge in [-0.2, -0.15) is 0 Å². The maximum absolute atomic E-state index is 5.64. The molecule has 0 N–H and O–H groups in total. The highest BCUT2D eigenvalue weighted by atomic mass is 28.3. The predicted octanol–water partition coefficient (Wildman–Crippen LogP) is 3.99. The molecular formula is C19H33NO2Si. The molecule has 1 saturated heterocycles. The molecule has 3 nitrogen and oxygen atoms in total. The Morgan fingerprint density at radius 3 is 2.57 bits per heavy atom. The largest absolute Gasteiger partial charge is 0.380 e. The molecule has 1 unspecified atom stereocenters. The molecule has 4 heteroatoms. The summed E-state index contributed by atoms with van der Waals surface area (Å²) in [5, 5.41) is 1.76. The molecule has 130 valence electrons. The van der Waals surface area contributed by atoms with Crippen LogP contribution in [0.3, 0.4) is 0 Å². The fourth-order valence-corrected chi connectivity index (χ4v) is 6.49. The van der Waals surface area contributed by atoms with E-state index in [4.69, 9.17) is 9.47 Å². The van der Waals surface area contributed by atoms with Crippen LogP contribution in [0.5, 0.6) is 0 Å². The van der Waals surface area contributed by atoms with Gasteiger partial charge < -0.3 is 14.4 Å². The van der Waals surface area contributed by atoms with E-state index in [0.717, 1.165) is 32.9 Å². The van der Waals surface area contributed by atoms with Gasteiger partial charge in [-0.3, -0.25) is 0 Å². The second kappa shape index (κ2) is 7.12. The minimum absolute atomic E-state index is 0.664. The molecule has 2 fully saturated rings. The average molecular weight is 336 g/mol. The number of allylic oxidation sites excluding steroid dienone is 2. The summed E-state index contributed by atoms with van der Waals surface area (Å²) in [6.07, 6.45) is 6.54. The molecule has 0 radical (unpaired) electrons. The summed E-state index contributed by atoms with van der Waals surface area (Å²) < 4.78 is 11.2. The number of methoxy groups -OCH3 is 1. The Labute approximate surface area is 142 Å². The topological polar surface area (TPSA) is 21.7 Å². The van der Waals surface area contributed by atoms with Gasteiger partial charge in [-0.25, -0.2) is 0 Å². The number of hydrogen-bond acceptors (Lipinski definition) is 3. The van der Waals surface area contributed by atoms with Crippen LogP contribution in [-0.4, -0.2) is 53.0 Å². The van der Waals surface area contributed by atoms with Crippen molar-refractivity contribution in [2.75, 3.05) is 40.0 Å². The summed E-state index contributed by atoms with van der Waals surface area (Å²) in [5.74, 6) is 0.664. The quantitative estimate of drug-likeness (QED) is 0.725. The second-order valence-corrected chi connectivity index (χ2v) is 13.3. The molecular weight excluding hydrogens is 302 g/mol. The van der Waals surface area contributed by atoms with Crippen LogP contribution in [0.4, 0.5) is 0 Å². The number of nitrogens with zero attached hydrogens (tertiary/aromatic N) is 1. The zero-order chi connectivity index (χ0) is 16.4. The van der Waals surface area contributed by atoms with Gasteiger partial charge >= 0.3 is 0 Å². The van der Waals surface area contributed by atoms with Crippen molar-refractivity contribution in [2.24, 2.45) is 5.92 Å². The van der Waals surface area contributed by atoms with Gasteiger partial charge in [0.1, 0.15) is 0 Å². The first-order valence-corrected chi connectivity index (χ1v) is 12.8. The fraction of sp³-hybridized carbons (Fsp3) is 0.789. The van der Waals surface area contributed by atoms with Crippen molar-refractivity contribution in [3.63, 3.8) is 0 Å². The van der Waals surface area contributed by atoms with Crippen LogP contribution in [0.1, 0.15) is 32.1 Å². The molecule has 1 heterocycles. The van der Waals surface area contributed by atoms with Crippen LogP contribution in [0.25, 0.3) is 0 Å². The van der Waals surface area contributed by atoms with Crippen molar-refractivity contribution in [3.05, 3.63) is 22.0 Å². The Morgan fingerprint density at radius 1 is 1.17 bits per heavy atom. The molecule has 0 bridgehead atoms. The van der Waals surface area contributed by atoms with Gasteiger partial charge in [-0.1, -0.05) is 31.3 Å². The monoisotopic (exact) mass is 335 g/mol. The van der Waals surface area contributed by atoms with E-state index in [-0.39, 0.29) is 0 Å². The Morgan fingerprint density at radius 2 is 1.91 bits per heavy atom. The van der Waals surface area contributed by atoms with Gasteiger partial charge in [-0.15, -0.1) is 0 Å². The Hall–Kier alpha value is -0.583. The molecule has 1 saturated carbocycles. The fourth-order valence-electron chi connectivity index (χ4n) is 4.59. The van der Waals surface area contributed by atoms with E-state index in [2.05, 4.69) is 24.5 Å². The predicted molar refractivity (Wildman–Crippen MR) is 98.2 cm³/mol. The molecule has 1 atom stereocenters. The lowest BCUT2D eigenvalue weighted by Gasteiger charge is -2.44. The van der Waals surface area contributed by atoms with Gasteiger partial charge in [0, 0.05) is 38.2 Å². The van der Waals surface area contributed by atoms with E-state index in [1.165, 1.54) is 32.1 Å². The number of hydrogen-bond donors (Lipinski definition) is 0. The van der Waals surface area contributed by atoms with E-state index < -0.39 is 8.07 Å². The molecule has 0 spiro atoms. The summed E-state index contributed by atoms with van der Waals surface area (Å²) in [5.41, 5.74) is 5.06. The third-order valence-corrected chi connectivity index (χ3v) is 8.04. The van der Waals surface area contributed by atoms with Crippen molar-refractivity contribution in [1.82, 2.24) is 4.90 Å². The van der Waals surface area contributed by atoms with E-state index in [9.17, 15) is 0 Å². The molecule has 0 aromatic heterocycles. The Bertz CT molecular complexity index is 498. The van der Waals surface area contributed by atoms with E-state index >= 15 is 0 Å². The van der Waals surface area contributed by atoms with Crippen molar-refractivity contribution in [2.45, 2.75) is 51.7 Å². The average Bonchev–Trinajstić information content (AvgIpc) is 2.55. The van der Waals surface area contributed by atoms with Crippen molar-refractivity contribution >= 4 is 8.07 Å². The smallest absolute Gasteiger partial charge is 0.0730 e. The maximum Gasteiger partial charge on any atom is 0.0730 e. The number of ether oxygens (including phenoxy) is 2. The lowest BCUT2D eigenvalue weighted by molar-refractivity contribution is 0.0511. The molecule has 0 aromatic rings. The zero-order valence-corrected chi connectivity index (χ0v) is 16.4. The van der Waals surface area contributed by atoms with Crippen LogP contribution in [0.2, 0.25) is 19.6 Å². The van der Waals surface area contributed by atoms with Crippen LogP contribution >= 0.6 is 0 Å². The molecule has 1 aliphatic heterocycles. The molecule has 2 aliphatic carbocycles. The zero-order valence-electron chi connectivity index (χ0n) is 15.4. The first kappa shape index (κ1) is 17.2. The summed E-state index contributed by atoms with van der Waals surface area (Å²) >= 11 is 0. The molecule has 0 aromatic carbocycles. The maximum atomic E-state index is 5.64. The SMILES string of the molecule is COCC1=C([Si](C)(C)C)CC(N2CCOCC2)=C2CCCCC21. The van der Waals surface area contributed by atoms with Crippen LogP contribution < -0.4 is 0 Å². The molecule has 3 aliphatic rings. The number of fused-ring (bicyclic) bond motifs is 1. The van der Waals surface area contributed by atoms with Crippen LogP contribution in [-0.2, 0) is 9.47 Å². The van der Waals surface area contributed by atoms with Gasteiger partial charge in [0.05, 0.1) is 27.9 Å². The molecule has 0 amide bonds. The Kier molecular flexibility index (Phi) is 5.34. The van der Waals surface area contributed by atoms with Crippen molar-refractivity contribution < 1.29 is 9.47 Å². The first-order chi connectivity index (χ1) is 11.0. The van der Waals surface area contributed by atoms with Gasteiger partial charge in [0.15, 0.2) is 0 Å². The third-order valence-electron chi connectivity index (χ3n) is 5.73. The van der Waals surface area contributed by atoms with E-state index in [1.807, 2.05) is 7.11 Å². The molecule has 3 rings (SSSR count). The summed E-state index contributed by atoms with van der Waals surface area (Å²) in [4.78, 5) is 2.64. The highest BCUT2D eigenvalue weighted by molar-refractivity contribution is 6.83. The van der Waals surface area contributed by atoms with Gasteiger partial charge in [0.2, 0.25) is 0 Å². The number of morpholine rings is 1. The van der Waals surface area contributed by atoms with E-state index in [0.29, 0.717) is 5.92 Å². The van der Waals surface area contributed by atoms with Crippen LogP contribution in [0.15, 0.2) is 22.0 Å². The lowest BCUT2D eigenvalue weighted by Crippen LogP contribution is -2.41. The highest BCUT2D eigenvalue weighted by Gasteiger charge is 2.37. The summed E-state index contributed by atoms with van der Waals surface area (Å²) in [7, 11) is 0.529. The highest BCUT2D eigenvalue weighted by Crippen LogP contribution is 2.46. The van der Waals surface area contributed by atoms with Crippen molar-refractivity contribution in [3.8, 4) is 0 Å². The normalized spacial score (nSPS) is 26.6. The van der Waals surface area contributed by atoms with Crippen molar-refractivity contribution in [1.29, 1.82) is 0 Å². The summed E-state index contributed by atoms with van der Waals surface area (Å²) in [6, 6.07) is 0. The van der Waals surface area contributed by atoms with Gasteiger partial charge in [-0.05, 0) is 30.4 Å². The third kappa shape index (κ3) is 3.59. The minimum Gasteiger partial charge on any atom is -0.380 e. The first-order valence-electron chi connectivity index (χ1n) is 9.28. The lowest BCUT2D eigenvalue weighted by atomic mass is 9.75. The van der Waals surface area contributed by atoms with Gasteiger partial charge in [0.25, 0.3) is 0 Å². The molecule has 23 heavy (non-hydrogen) atoms. The Balaban J connectivity index is 1.99. The standard InChI is InChI=1S/C19H33NO2Si/c1-21-14-17-15-7-5-6-8-16(15)18(13-19(17)23(2,3)4)20-9-11-22-12-10-20/h15H,5-14H2,1-4H3. The minimum atomic E-state index is -1.33. The van der Waals surface area contributed by atoms with Crippen LogP contribution in [0, 0.1) is 5.92 Å². The number of rotatable bonds is 4.